The minimum atomic E-state index is 0.567. The molecule has 0 radical (unpaired) electrons. The first-order valence-corrected chi connectivity index (χ1v) is 21.3. The third-order valence-electron chi connectivity index (χ3n) is 12.2. The molecule has 0 saturated heterocycles. The van der Waals surface area contributed by atoms with Gasteiger partial charge in [-0.3, -0.25) is 0 Å². The second-order valence-electron chi connectivity index (χ2n) is 15.9. The van der Waals surface area contributed by atoms with Crippen LogP contribution in [0.15, 0.2) is 218 Å². The van der Waals surface area contributed by atoms with Gasteiger partial charge in [0, 0.05) is 43.9 Å². The fourth-order valence-corrected chi connectivity index (χ4v) is 9.27. The number of nitriles is 1. The zero-order valence-corrected chi connectivity index (χ0v) is 34.5. The van der Waals surface area contributed by atoms with Gasteiger partial charge in [0.1, 0.15) is 0 Å². The molecule has 0 spiro atoms. The quantitative estimate of drug-likeness (QED) is 0.161. The van der Waals surface area contributed by atoms with E-state index in [1.165, 1.54) is 10.8 Å². The summed E-state index contributed by atoms with van der Waals surface area (Å²) in [7, 11) is 0. The fourth-order valence-electron chi connectivity index (χ4n) is 9.27. The third-order valence-corrected chi connectivity index (χ3v) is 12.2. The van der Waals surface area contributed by atoms with Crippen molar-refractivity contribution in [2.24, 2.45) is 0 Å². The normalized spacial score (nSPS) is 11.4. The molecule has 0 aliphatic rings. The molecule has 12 aromatic rings. The summed E-state index contributed by atoms with van der Waals surface area (Å²) in [6.07, 6.45) is 0. The molecule has 3 aromatic heterocycles. The van der Waals surface area contributed by atoms with Crippen molar-refractivity contribution in [1.82, 2.24) is 24.1 Å². The summed E-state index contributed by atoms with van der Waals surface area (Å²) in [6, 6.07) is 78.1. The van der Waals surface area contributed by atoms with Crippen molar-refractivity contribution in [1.29, 1.82) is 5.26 Å². The average Bonchev–Trinajstić information content (AvgIpc) is 3.89. The van der Waals surface area contributed by atoms with Gasteiger partial charge >= 0.3 is 0 Å². The lowest BCUT2D eigenvalue weighted by atomic mass is 9.96. The van der Waals surface area contributed by atoms with E-state index in [1.807, 2.05) is 84.9 Å². The molecular formula is C58H36N6. The first-order valence-electron chi connectivity index (χ1n) is 21.3. The molecule has 9 aromatic carbocycles. The number of hydrogen-bond donors (Lipinski definition) is 0. The van der Waals surface area contributed by atoms with Gasteiger partial charge in [0.15, 0.2) is 17.5 Å². The van der Waals surface area contributed by atoms with Crippen LogP contribution in [0.3, 0.4) is 0 Å². The summed E-state index contributed by atoms with van der Waals surface area (Å²) >= 11 is 0. The maximum absolute atomic E-state index is 9.54. The zero-order chi connectivity index (χ0) is 42.6. The number of fused-ring (bicyclic) bond motifs is 6. The maximum Gasteiger partial charge on any atom is 0.166 e. The summed E-state index contributed by atoms with van der Waals surface area (Å²) < 4.78 is 4.71. The van der Waals surface area contributed by atoms with Crippen LogP contribution in [0.1, 0.15) is 5.56 Å². The molecule has 0 unspecified atom stereocenters. The van der Waals surface area contributed by atoms with E-state index in [0.29, 0.717) is 23.0 Å². The van der Waals surface area contributed by atoms with Gasteiger partial charge in [0.05, 0.1) is 39.4 Å². The largest absolute Gasteiger partial charge is 0.309 e. The van der Waals surface area contributed by atoms with Gasteiger partial charge in [-0.1, -0.05) is 158 Å². The molecule has 0 fully saturated rings. The van der Waals surface area contributed by atoms with Crippen molar-refractivity contribution in [3.8, 4) is 73.9 Å². The number of nitrogens with zero attached hydrogens (tertiary/aromatic N) is 6. The lowest BCUT2D eigenvalue weighted by Crippen LogP contribution is -2.04. The lowest BCUT2D eigenvalue weighted by Gasteiger charge is -2.17. The molecule has 0 atom stereocenters. The summed E-state index contributed by atoms with van der Waals surface area (Å²) in [6.45, 7) is 0. The van der Waals surface area contributed by atoms with Gasteiger partial charge in [0.25, 0.3) is 0 Å². The van der Waals surface area contributed by atoms with E-state index >= 15 is 0 Å². The Labute approximate surface area is 369 Å². The molecule has 298 valence electrons. The van der Waals surface area contributed by atoms with Crippen LogP contribution in [0.25, 0.3) is 111 Å². The van der Waals surface area contributed by atoms with Crippen molar-refractivity contribution < 1.29 is 0 Å². The monoisotopic (exact) mass is 816 g/mol. The number of aromatic nitrogens is 5. The summed E-state index contributed by atoms with van der Waals surface area (Å²) in [5.74, 6) is 1.76. The molecule has 0 saturated carbocycles. The molecular weight excluding hydrogens is 781 g/mol. The van der Waals surface area contributed by atoms with E-state index in [9.17, 15) is 5.26 Å². The van der Waals surface area contributed by atoms with Gasteiger partial charge in [-0.15, -0.1) is 0 Å². The minimum absolute atomic E-state index is 0.567. The lowest BCUT2D eigenvalue weighted by molar-refractivity contribution is 1.06. The van der Waals surface area contributed by atoms with Crippen LogP contribution < -0.4 is 0 Å². The van der Waals surface area contributed by atoms with E-state index in [1.54, 1.807) is 0 Å². The van der Waals surface area contributed by atoms with Crippen molar-refractivity contribution in [3.05, 3.63) is 224 Å². The first kappa shape index (κ1) is 36.9. The van der Waals surface area contributed by atoms with Crippen molar-refractivity contribution in [2.45, 2.75) is 0 Å². The standard InChI is InChI=1S/C58H36N6/c59-37-38-27-29-39(30-28-38)42-31-33-47-46-21-10-12-24-50(46)64(54(47)36-42)52-34-32-43(45-23-14-26-53-55(45)48-22-11-13-25-51(48)63(53)44-19-8-3-9-20-44)35-49(52)58-61-56(40-15-4-1-5-16-40)60-57(62-58)41-17-6-2-7-18-41/h1-36H. The summed E-state index contributed by atoms with van der Waals surface area (Å²) in [5, 5.41) is 14.2. The Morgan fingerprint density at radius 3 is 1.58 bits per heavy atom. The minimum Gasteiger partial charge on any atom is -0.309 e. The highest BCUT2D eigenvalue weighted by Gasteiger charge is 2.22. The first-order chi connectivity index (χ1) is 31.7. The Kier molecular flexibility index (Phi) is 8.77. The zero-order valence-electron chi connectivity index (χ0n) is 34.5. The Balaban J connectivity index is 1.17. The van der Waals surface area contributed by atoms with Crippen LogP contribution >= 0.6 is 0 Å². The van der Waals surface area contributed by atoms with E-state index < -0.39 is 0 Å². The molecule has 64 heavy (non-hydrogen) atoms. The van der Waals surface area contributed by atoms with Crippen LogP contribution in [0, 0.1) is 11.3 Å². The van der Waals surface area contributed by atoms with E-state index in [4.69, 9.17) is 15.0 Å². The molecule has 3 heterocycles. The molecule has 0 N–H and O–H groups in total. The maximum atomic E-state index is 9.54. The van der Waals surface area contributed by atoms with Crippen LogP contribution in [-0.2, 0) is 0 Å². The van der Waals surface area contributed by atoms with Gasteiger partial charge in [-0.2, -0.15) is 5.26 Å². The molecule has 6 heteroatoms. The summed E-state index contributed by atoms with van der Waals surface area (Å²) in [5.41, 5.74) is 14.0. The van der Waals surface area contributed by atoms with E-state index in [2.05, 4.69) is 149 Å². The van der Waals surface area contributed by atoms with Crippen LogP contribution in [-0.4, -0.2) is 24.1 Å². The van der Waals surface area contributed by atoms with Crippen LogP contribution in [0.4, 0.5) is 0 Å². The van der Waals surface area contributed by atoms with Crippen molar-refractivity contribution >= 4 is 43.6 Å². The van der Waals surface area contributed by atoms with Gasteiger partial charge in [0.2, 0.25) is 0 Å². The molecule has 0 amide bonds. The molecule has 0 aliphatic carbocycles. The second kappa shape index (κ2) is 15.2. The predicted octanol–water partition coefficient (Wildman–Crippen LogP) is 14.3. The number of para-hydroxylation sites is 3. The Hall–Kier alpha value is -8.92. The van der Waals surface area contributed by atoms with Gasteiger partial charge in [-0.25, -0.2) is 15.0 Å². The number of hydrogen-bond acceptors (Lipinski definition) is 4. The van der Waals surface area contributed by atoms with Crippen molar-refractivity contribution in [3.63, 3.8) is 0 Å². The van der Waals surface area contributed by atoms with Crippen LogP contribution in [0.2, 0.25) is 0 Å². The third kappa shape index (κ3) is 6.14. The fraction of sp³-hybridized carbons (Fsp3) is 0. The molecule has 0 aliphatic heterocycles. The number of rotatable bonds is 7. The molecule has 0 bridgehead atoms. The topological polar surface area (TPSA) is 72.3 Å². The second-order valence-corrected chi connectivity index (χ2v) is 15.9. The van der Waals surface area contributed by atoms with Crippen molar-refractivity contribution in [2.75, 3.05) is 0 Å². The highest BCUT2D eigenvalue weighted by molar-refractivity contribution is 6.16. The highest BCUT2D eigenvalue weighted by Crippen LogP contribution is 2.43. The highest BCUT2D eigenvalue weighted by atomic mass is 15.1. The van der Waals surface area contributed by atoms with E-state index in [0.717, 1.165) is 83.2 Å². The molecule has 12 rings (SSSR count). The number of benzene rings is 9. The van der Waals surface area contributed by atoms with E-state index in [-0.39, 0.29) is 0 Å². The molecule has 6 nitrogen and oxygen atoms in total. The van der Waals surface area contributed by atoms with Crippen LogP contribution in [0.5, 0.6) is 0 Å². The smallest absolute Gasteiger partial charge is 0.166 e. The average molecular weight is 817 g/mol. The van der Waals surface area contributed by atoms with Gasteiger partial charge in [-0.05, 0) is 82.9 Å². The summed E-state index contributed by atoms with van der Waals surface area (Å²) in [4.78, 5) is 15.8. The Morgan fingerprint density at radius 1 is 0.344 bits per heavy atom. The Morgan fingerprint density at radius 2 is 0.891 bits per heavy atom. The Bertz CT molecular complexity index is 3710. The SMILES string of the molecule is N#Cc1ccc(-c2ccc3c4ccccc4n(-c4ccc(-c5cccc6c5c5ccccc5n6-c5ccccc5)cc4-c4nc(-c5ccccc5)nc(-c5ccccc5)n4)c3c2)cc1. The van der Waals surface area contributed by atoms with Gasteiger partial charge < -0.3 is 9.13 Å². The predicted molar refractivity (Wildman–Crippen MR) is 260 cm³/mol.